The summed E-state index contributed by atoms with van der Waals surface area (Å²) in [6, 6.07) is -0.278. The molecule has 1 aliphatic rings. The fraction of sp³-hybridized carbons (Fsp3) is 0.833. The van der Waals surface area contributed by atoms with E-state index in [0.717, 1.165) is 25.7 Å². The first-order valence-corrected chi connectivity index (χ1v) is 6.25. The lowest BCUT2D eigenvalue weighted by Gasteiger charge is -2.34. The number of hydrogen-bond acceptors (Lipinski definition) is 3. The minimum atomic E-state index is -1.55. The van der Waals surface area contributed by atoms with Crippen LogP contribution in [0.4, 0.5) is 4.79 Å². The number of aliphatic hydroxyl groups excluding tert-OH is 1. The van der Waals surface area contributed by atoms with Gasteiger partial charge in [0.2, 0.25) is 0 Å². The van der Waals surface area contributed by atoms with E-state index in [1.54, 1.807) is 0 Å². The SMILES string of the molecule is CC1(C)CCC(NC(=O)NC[C@H](O)C(=O)O)CC1. The van der Waals surface area contributed by atoms with E-state index in [9.17, 15) is 9.59 Å². The number of hydrogen-bond donors (Lipinski definition) is 4. The highest BCUT2D eigenvalue weighted by atomic mass is 16.4. The van der Waals surface area contributed by atoms with Crippen LogP contribution in [-0.4, -0.2) is 40.9 Å². The molecule has 0 radical (unpaired) electrons. The Kier molecular flexibility index (Phi) is 4.95. The number of carboxylic acids is 1. The van der Waals surface area contributed by atoms with Gasteiger partial charge in [-0.2, -0.15) is 0 Å². The van der Waals surface area contributed by atoms with Crippen molar-refractivity contribution < 1.29 is 19.8 Å². The molecule has 0 spiro atoms. The summed E-state index contributed by atoms with van der Waals surface area (Å²) >= 11 is 0. The van der Waals surface area contributed by atoms with Crippen LogP contribution in [0, 0.1) is 5.41 Å². The zero-order chi connectivity index (χ0) is 13.8. The maximum absolute atomic E-state index is 11.5. The van der Waals surface area contributed by atoms with Crippen molar-refractivity contribution in [2.75, 3.05) is 6.54 Å². The second-order valence-electron chi connectivity index (χ2n) is 5.65. The molecule has 2 amide bonds. The van der Waals surface area contributed by atoms with Gasteiger partial charge in [-0.25, -0.2) is 9.59 Å². The molecule has 0 aliphatic heterocycles. The Balaban J connectivity index is 2.23. The zero-order valence-electron chi connectivity index (χ0n) is 10.9. The predicted molar refractivity (Wildman–Crippen MR) is 66.2 cm³/mol. The van der Waals surface area contributed by atoms with Gasteiger partial charge in [0.15, 0.2) is 6.10 Å². The van der Waals surface area contributed by atoms with Crippen molar-refractivity contribution in [2.24, 2.45) is 5.41 Å². The topological polar surface area (TPSA) is 98.7 Å². The standard InChI is InChI=1S/C12H22N2O4/c1-12(2)5-3-8(4-6-12)14-11(18)13-7-9(15)10(16)17/h8-9,15H,3-7H2,1-2H3,(H,16,17)(H2,13,14,18)/t9-/m0/s1. The van der Waals surface area contributed by atoms with Crippen LogP contribution in [0.2, 0.25) is 0 Å². The molecule has 18 heavy (non-hydrogen) atoms. The molecular weight excluding hydrogens is 236 g/mol. The first-order valence-electron chi connectivity index (χ1n) is 6.25. The van der Waals surface area contributed by atoms with Gasteiger partial charge in [-0.15, -0.1) is 0 Å². The van der Waals surface area contributed by atoms with Crippen LogP contribution in [0.1, 0.15) is 39.5 Å². The largest absolute Gasteiger partial charge is 0.479 e. The van der Waals surface area contributed by atoms with Crippen LogP contribution >= 0.6 is 0 Å². The van der Waals surface area contributed by atoms with Gasteiger partial charge in [-0.3, -0.25) is 0 Å². The highest BCUT2D eigenvalue weighted by Crippen LogP contribution is 2.34. The van der Waals surface area contributed by atoms with Crippen LogP contribution < -0.4 is 10.6 Å². The lowest BCUT2D eigenvalue weighted by atomic mass is 9.76. The Hall–Kier alpha value is -1.30. The molecule has 1 saturated carbocycles. The predicted octanol–water partition coefficient (Wildman–Crippen LogP) is 0.700. The Labute approximate surface area is 107 Å². The number of urea groups is 1. The van der Waals surface area contributed by atoms with E-state index in [1.807, 2.05) is 0 Å². The quantitative estimate of drug-likeness (QED) is 0.596. The Morgan fingerprint density at radius 2 is 1.89 bits per heavy atom. The summed E-state index contributed by atoms with van der Waals surface area (Å²) in [4.78, 5) is 21.8. The summed E-state index contributed by atoms with van der Waals surface area (Å²) in [6.45, 7) is 4.15. The third kappa shape index (κ3) is 4.91. The van der Waals surface area contributed by atoms with Gasteiger partial charge in [0.25, 0.3) is 0 Å². The van der Waals surface area contributed by atoms with Crippen molar-refractivity contribution >= 4 is 12.0 Å². The molecule has 104 valence electrons. The van der Waals surface area contributed by atoms with E-state index in [1.165, 1.54) is 0 Å². The van der Waals surface area contributed by atoms with Crippen LogP contribution in [0.25, 0.3) is 0 Å². The van der Waals surface area contributed by atoms with Gasteiger partial charge < -0.3 is 20.8 Å². The number of rotatable bonds is 4. The van der Waals surface area contributed by atoms with E-state index < -0.39 is 18.1 Å². The zero-order valence-corrected chi connectivity index (χ0v) is 10.9. The van der Waals surface area contributed by atoms with E-state index >= 15 is 0 Å². The molecule has 1 aliphatic carbocycles. The van der Waals surface area contributed by atoms with Crippen molar-refractivity contribution in [1.82, 2.24) is 10.6 Å². The van der Waals surface area contributed by atoms with Crippen molar-refractivity contribution in [2.45, 2.75) is 51.7 Å². The number of nitrogens with one attached hydrogen (secondary N) is 2. The highest BCUT2D eigenvalue weighted by molar-refractivity contribution is 5.76. The lowest BCUT2D eigenvalue weighted by molar-refractivity contribution is -0.146. The Morgan fingerprint density at radius 3 is 2.39 bits per heavy atom. The van der Waals surface area contributed by atoms with Crippen LogP contribution in [0.5, 0.6) is 0 Å². The second-order valence-corrected chi connectivity index (χ2v) is 5.65. The molecule has 1 fully saturated rings. The van der Waals surface area contributed by atoms with Crippen molar-refractivity contribution in [3.05, 3.63) is 0 Å². The first kappa shape index (κ1) is 14.8. The van der Waals surface area contributed by atoms with Crippen molar-refractivity contribution in [3.8, 4) is 0 Å². The van der Waals surface area contributed by atoms with Gasteiger partial charge in [-0.1, -0.05) is 13.8 Å². The van der Waals surface area contributed by atoms with Crippen LogP contribution in [0.3, 0.4) is 0 Å². The lowest BCUT2D eigenvalue weighted by Crippen LogP contribution is -2.47. The van der Waals surface area contributed by atoms with Gasteiger partial charge in [-0.05, 0) is 31.1 Å². The van der Waals surface area contributed by atoms with Crippen molar-refractivity contribution in [3.63, 3.8) is 0 Å². The van der Waals surface area contributed by atoms with Crippen molar-refractivity contribution in [1.29, 1.82) is 0 Å². The van der Waals surface area contributed by atoms with E-state index in [0.29, 0.717) is 5.41 Å². The molecule has 0 unspecified atom stereocenters. The number of aliphatic hydroxyl groups is 1. The molecule has 0 heterocycles. The molecular formula is C12H22N2O4. The molecule has 0 aromatic carbocycles. The molecule has 1 atom stereocenters. The highest BCUT2D eigenvalue weighted by Gasteiger charge is 2.27. The monoisotopic (exact) mass is 258 g/mol. The Bertz CT molecular complexity index is 307. The van der Waals surface area contributed by atoms with E-state index in [2.05, 4.69) is 24.5 Å². The Morgan fingerprint density at radius 1 is 1.33 bits per heavy atom. The van der Waals surface area contributed by atoms with E-state index in [-0.39, 0.29) is 12.6 Å². The molecule has 6 nitrogen and oxygen atoms in total. The fourth-order valence-corrected chi connectivity index (χ4v) is 2.06. The molecule has 0 bridgehead atoms. The summed E-state index contributed by atoms with van der Waals surface area (Å²) in [5, 5.41) is 22.6. The molecule has 6 heteroatoms. The average molecular weight is 258 g/mol. The van der Waals surface area contributed by atoms with Crippen LogP contribution in [-0.2, 0) is 4.79 Å². The summed E-state index contributed by atoms with van der Waals surface area (Å²) in [5.41, 5.74) is 0.341. The third-order valence-electron chi connectivity index (χ3n) is 3.42. The van der Waals surface area contributed by atoms with Gasteiger partial charge in [0.05, 0.1) is 6.54 Å². The number of carbonyl (C=O) groups excluding carboxylic acids is 1. The minimum Gasteiger partial charge on any atom is -0.479 e. The minimum absolute atomic E-state index is 0.139. The summed E-state index contributed by atoms with van der Waals surface area (Å²) in [7, 11) is 0. The number of carboxylic acid groups (broad SMARTS) is 1. The van der Waals surface area contributed by atoms with Gasteiger partial charge in [0, 0.05) is 6.04 Å². The number of aliphatic carboxylic acids is 1. The normalized spacial score (nSPS) is 21.1. The maximum atomic E-state index is 11.5. The maximum Gasteiger partial charge on any atom is 0.334 e. The smallest absolute Gasteiger partial charge is 0.334 e. The molecule has 4 N–H and O–H groups in total. The number of amides is 2. The van der Waals surface area contributed by atoms with Crippen LogP contribution in [0.15, 0.2) is 0 Å². The third-order valence-corrected chi connectivity index (χ3v) is 3.42. The molecule has 0 aromatic heterocycles. The molecule has 0 aromatic rings. The molecule has 0 saturated heterocycles. The summed E-state index contributed by atoms with van der Waals surface area (Å²) in [6.07, 6.45) is 2.44. The fourth-order valence-electron chi connectivity index (χ4n) is 2.06. The van der Waals surface area contributed by atoms with Gasteiger partial charge >= 0.3 is 12.0 Å². The van der Waals surface area contributed by atoms with E-state index in [4.69, 9.17) is 10.2 Å². The first-order chi connectivity index (χ1) is 8.30. The summed E-state index contributed by atoms with van der Waals surface area (Å²) < 4.78 is 0. The number of carbonyl (C=O) groups is 2. The average Bonchev–Trinajstić information content (AvgIpc) is 2.28. The summed E-state index contributed by atoms with van der Waals surface area (Å²) in [5.74, 6) is -1.34. The molecule has 1 rings (SSSR count). The second kappa shape index (κ2) is 6.04. The van der Waals surface area contributed by atoms with Gasteiger partial charge in [0.1, 0.15) is 0 Å².